The monoisotopic (exact) mass is 272 g/mol. The van der Waals surface area contributed by atoms with Gasteiger partial charge in [-0.05, 0) is 43.2 Å². The quantitative estimate of drug-likeness (QED) is 0.876. The second-order valence-corrected chi connectivity index (χ2v) is 5.21. The third-order valence-electron chi connectivity index (χ3n) is 3.91. The molecule has 0 saturated carbocycles. The number of anilines is 1. The number of aryl methyl sites for hydroxylation is 1. The maximum Gasteiger partial charge on any atom is 0.226 e. The minimum atomic E-state index is 0.185. The standard InChI is InChI=1S/C13H16N6O/c1-8-10(7-19-4-2-9(6-14)3-5-19)11(15)12-13(16-8)18-20-17-12/h9H,2-5,7,15H2,1H3. The molecule has 0 amide bonds. The lowest BCUT2D eigenvalue weighted by Gasteiger charge is -2.29. The minimum absolute atomic E-state index is 0.185. The molecule has 2 aromatic heterocycles. The van der Waals surface area contributed by atoms with E-state index in [9.17, 15) is 0 Å². The van der Waals surface area contributed by atoms with Crippen LogP contribution in [-0.4, -0.2) is 33.3 Å². The highest BCUT2D eigenvalue weighted by Gasteiger charge is 2.21. The highest BCUT2D eigenvalue weighted by Crippen LogP contribution is 2.26. The van der Waals surface area contributed by atoms with Crippen molar-refractivity contribution in [1.82, 2.24) is 20.2 Å². The first-order valence-electron chi connectivity index (χ1n) is 6.68. The lowest BCUT2D eigenvalue weighted by Crippen LogP contribution is -2.33. The molecule has 3 rings (SSSR count). The zero-order valence-electron chi connectivity index (χ0n) is 11.3. The lowest BCUT2D eigenvalue weighted by atomic mass is 9.98. The number of nitriles is 1. The maximum atomic E-state index is 8.93. The Bertz CT molecular complexity index is 665. The second-order valence-electron chi connectivity index (χ2n) is 5.21. The van der Waals surface area contributed by atoms with Crippen LogP contribution in [0.2, 0.25) is 0 Å². The van der Waals surface area contributed by atoms with E-state index in [4.69, 9.17) is 11.0 Å². The molecule has 7 nitrogen and oxygen atoms in total. The summed E-state index contributed by atoms with van der Waals surface area (Å²) in [5.41, 5.74) is 9.55. The van der Waals surface area contributed by atoms with Gasteiger partial charge in [-0.25, -0.2) is 9.61 Å². The Hall–Kier alpha value is -2.20. The lowest BCUT2D eigenvalue weighted by molar-refractivity contribution is 0.198. The Morgan fingerprint density at radius 3 is 2.85 bits per heavy atom. The molecule has 0 aliphatic carbocycles. The number of hydrogen-bond donors (Lipinski definition) is 1. The van der Waals surface area contributed by atoms with E-state index >= 15 is 0 Å². The summed E-state index contributed by atoms with van der Waals surface area (Å²) in [6.07, 6.45) is 1.83. The number of piperidine rings is 1. The number of rotatable bonds is 2. The number of hydrogen-bond acceptors (Lipinski definition) is 7. The Morgan fingerprint density at radius 2 is 2.15 bits per heavy atom. The first-order chi connectivity index (χ1) is 9.69. The summed E-state index contributed by atoms with van der Waals surface area (Å²) in [7, 11) is 0. The molecule has 3 heterocycles. The molecule has 1 saturated heterocycles. The van der Waals surface area contributed by atoms with Crippen LogP contribution in [0.1, 0.15) is 24.1 Å². The van der Waals surface area contributed by atoms with E-state index in [1.165, 1.54) is 0 Å². The molecule has 2 aromatic rings. The van der Waals surface area contributed by atoms with E-state index in [1.807, 2.05) is 6.92 Å². The van der Waals surface area contributed by atoms with Crippen LogP contribution in [0.4, 0.5) is 5.69 Å². The summed E-state index contributed by atoms with van der Waals surface area (Å²) in [4.78, 5) is 6.67. The molecular formula is C13H16N6O. The Morgan fingerprint density at radius 1 is 1.40 bits per heavy atom. The molecule has 0 aromatic carbocycles. The van der Waals surface area contributed by atoms with Crippen molar-refractivity contribution in [2.45, 2.75) is 26.3 Å². The predicted molar refractivity (Wildman–Crippen MR) is 72.4 cm³/mol. The SMILES string of the molecule is Cc1nc2nonc2c(N)c1CN1CCC(C#N)CC1. The van der Waals surface area contributed by atoms with Crippen LogP contribution >= 0.6 is 0 Å². The van der Waals surface area contributed by atoms with Crippen molar-refractivity contribution in [2.24, 2.45) is 5.92 Å². The van der Waals surface area contributed by atoms with E-state index in [0.717, 1.165) is 43.7 Å². The Labute approximate surface area is 116 Å². The largest absolute Gasteiger partial charge is 0.396 e. The van der Waals surface area contributed by atoms with Crippen molar-refractivity contribution in [2.75, 3.05) is 18.8 Å². The summed E-state index contributed by atoms with van der Waals surface area (Å²) in [6.45, 7) is 4.46. The summed E-state index contributed by atoms with van der Waals surface area (Å²) in [5.74, 6) is 0.185. The van der Waals surface area contributed by atoms with Gasteiger partial charge in [0.05, 0.1) is 11.8 Å². The van der Waals surface area contributed by atoms with Crippen molar-refractivity contribution in [3.05, 3.63) is 11.3 Å². The summed E-state index contributed by atoms with van der Waals surface area (Å²) in [6, 6.07) is 2.34. The molecule has 20 heavy (non-hydrogen) atoms. The smallest absolute Gasteiger partial charge is 0.226 e. The van der Waals surface area contributed by atoms with Crippen molar-refractivity contribution in [1.29, 1.82) is 5.26 Å². The third-order valence-corrected chi connectivity index (χ3v) is 3.91. The topological polar surface area (TPSA) is 105 Å². The maximum absolute atomic E-state index is 8.93. The van der Waals surface area contributed by atoms with Crippen LogP contribution in [-0.2, 0) is 6.54 Å². The van der Waals surface area contributed by atoms with Gasteiger partial charge >= 0.3 is 0 Å². The fourth-order valence-electron chi connectivity index (χ4n) is 2.63. The predicted octanol–water partition coefficient (Wildman–Crippen LogP) is 1.24. The minimum Gasteiger partial charge on any atom is -0.396 e. The number of nitrogens with zero attached hydrogens (tertiary/aromatic N) is 5. The molecule has 0 spiro atoms. The summed E-state index contributed by atoms with van der Waals surface area (Å²) in [5, 5.41) is 16.5. The van der Waals surface area contributed by atoms with Gasteiger partial charge in [0.1, 0.15) is 0 Å². The van der Waals surface area contributed by atoms with Gasteiger partial charge in [-0.2, -0.15) is 5.26 Å². The van der Waals surface area contributed by atoms with E-state index in [1.54, 1.807) is 0 Å². The number of nitrogens with two attached hydrogens (primary N) is 1. The van der Waals surface area contributed by atoms with E-state index in [0.29, 0.717) is 16.9 Å². The van der Waals surface area contributed by atoms with Gasteiger partial charge in [0.2, 0.25) is 5.65 Å². The molecule has 0 atom stereocenters. The number of likely N-dealkylation sites (tertiary alicyclic amines) is 1. The summed E-state index contributed by atoms with van der Waals surface area (Å²) >= 11 is 0. The van der Waals surface area contributed by atoms with Gasteiger partial charge in [-0.3, -0.25) is 4.90 Å². The molecule has 1 aliphatic heterocycles. The van der Waals surface area contributed by atoms with Crippen molar-refractivity contribution in [3.8, 4) is 6.07 Å². The second kappa shape index (κ2) is 5.06. The van der Waals surface area contributed by atoms with Crippen LogP contribution in [0.15, 0.2) is 4.63 Å². The summed E-state index contributed by atoms with van der Waals surface area (Å²) < 4.78 is 4.68. The number of aromatic nitrogens is 3. The van der Waals surface area contributed by atoms with Crippen LogP contribution in [0.5, 0.6) is 0 Å². The number of pyridine rings is 1. The van der Waals surface area contributed by atoms with E-state index in [2.05, 4.69) is 30.9 Å². The highest BCUT2D eigenvalue weighted by molar-refractivity contribution is 5.85. The van der Waals surface area contributed by atoms with Crippen LogP contribution < -0.4 is 5.73 Å². The van der Waals surface area contributed by atoms with Gasteiger partial charge in [0, 0.05) is 23.7 Å². The van der Waals surface area contributed by atoms with Gasteiger partial charge in [-0.1, -0.05) is 0 Å². The first kappa shape index (κ1) is 12.8. The fraction of sp³-hybridized carbons (Fsp3) is 0.538. The van der Waals surface area contributed by atoms with Gasteiger partial charge in [0.25, 0.3) is 0 Å². The van der Waals surface area contributed by atoms with Crippen molar-refractivity contribution in [3.63, 3.8) is 0 Å². The molecule has 7 heteroatoms. The molecule has 1 fully saturated rings. The normalized spacial score (nSPS) is 17.4. The van der Waals surface area contributed by atoms with Crippen molar-refractivity contribution >= 4 is 16.9 Å². The molecule has 104 valence electrons. The van der Waals surface area contributed by atoms with Gasteiger partial charge in [-0.15, -0.1) is 0 Å². The van der Waals surface area contributed by atoms with Gasteiger partial charge < -0.3 is 5.73 Å². The molecule has 2 N–H and O–H groups in total. The molecular weight excluding hydrogens is 256 g/mol. The molecule has 0 radical (unpaired) electrons. The fourth-order valence-corrected chi connectivity index (χ4v) is 2.63. The van der Waals surface area contributed by atoms with E-state index < -0.39 is 0 Å². The zero-order valence-corrected chi connectivity index (χ0v) is 11.3. The van der Waals surface area contributed by atoms with Crippen LogP contribution in [0.25, 0.3) is 11.2 Å². The average molecular weight is 272 g/mol. The molecule has 0 unspecified atom stereocenters. The number of fused-ring (bicyclic) bond motifs is 1. The zero-order chi connectivity index (χ0) is 14.1. The molecule has 0 bridgehead atoms. The number of nitrogen functional groups attached to an aromatic ring is 1. The average Bonchev–Trinajstić information content (AvgIpc) is 2.92. The van der Waals surface area contributed by atoms with E-state index in [-0.39, 0.29) is 5.92 Å². The first-order valence-corrected chi connectivity index (χ1v) is 6.68. The highest BCUT2D eigenvalue weighted by atomic mass is 16.6. The van der Waals surface area contributed by atoms with Crippen LogP contribution in [0.3, 0.4) is 0 Å². The molecule has 1 aliphatic rings. The Balaban J connectivity index is 1.83. The Kier molecular flexibility index (Phi) is 3.24. The van der Waals surface area contributed by atoms with Crippen LogP contribution in [0, 0.1) is 24.2 Å². The van der Waals surface area contributed by atoms with Gasteiger partial charge in [0.15, 0.2) is 5.52 Å². The van der Waals surface area contributed by atoms with Crippen molar-refractivity contribution < 1.29 is 4.63 Å². The third kappa shape index (κ3) is 2.18.